The van der Waals surface area contributed by atoms with Crippen LogP contribution < -0.4 is 3.11 Å². The molecule has 82 valence electrons. The van der Waals surface area contributed by atoms with Gasteiger partial charge in [-0.25, -0.2) is 0 Å². The van der Waals surface area contributed by atoms with Crippen LogP contribution in [0.15, 0.2) is 18.2 Å². The molecule has 0 amide bonds. The first-order chi connectivity index (χ1) is 6.98. The van der Waals surface area contributed by atoms with Crippen LogP contribution in [-0.4, -0.2) is 6.54 Å². The van der Waals surface area contributed by atoms with E-state index in [0.717, 1.165) is 31.0 Å². The maximum Gasteiger partial charge on any atom is 0.416 e. The lowest BCUT2D eigenvalue weighted by Crippen LogP contribution is -2.19. The van der Waals surface area contributed by atoms with E-state index in [1.807, 2.05) is 3.11 Å². The van der Waals surface area contributed by atoms with E-state index in [4.69, 9.17) is 0 Å². The van der Waals surface area contributed by atoms with Gasteiger partial charge in [-0.05, 0) is 30.5 Å². The largest absolute Gasteiger partial charge is 0.416 e. The van der Waals surface area contributed by atoms with Crippen LogP contribution in [-0.2, 0) is 12.6 Å². The third kappa shape index (κ3) is 2.21. The van der Waals surface area contributed by atoms with E-state index in [-0.39, 0.29) is 0 Å². The maximum atomic E-state index is 12.5. The lowest BCUT2D eigenvalue weighted by atomic mass is 10.0. The van der Waals surface area contributed by atoms with Gasteiger partial charge in [-0.1, -0.05) is 6.07 Å². The van der Waals surface area contributed by atoms with Crippen LogP contribution in [0.3, 0.4) is 0 Å². The van der Waals surface area contributed by atoms with Crippen molar-refractivity contribution < 1.29 is 13.2 Å². The molecule has 0 unspecified atom stereocenters. The minimum atomic E-state index is -4.25. The molecule has 1 heterocycles. The number of fused-ring (bicyclic) bond motifs is 1. The molecule has 2 rings (SSSR count). The van der Waals surface area contributed by atoms with Gasteiger partial charge in [0.1, 0.15) is 0 Å². The Morgan fingerprint density at radius 3 is 2.67 bits per heavy atom. The minimum Gasteiger partial charge on any atom is -0.315 e. The van der Waals surface area contributed by atoms with Crippen molar-refractivity contribution in [3.8, 4) is 0 Å². The summed E-state index contributed by atoms with van der Waals surface area (Å²) < 4.78 is 39.2. The first-order valence-corrected chi connectivity index (χ1v) is 5.58. The summed E-state index contributed by atoms with van der Waals surface area (Å²) in [5.74, 6) is 0. The molecular weight excluding hydrogens is 318 g/mol. The molecular formula is C10H9F3IN. The van der Waals surface area contributed by atoms with Gasteiger partial charge in [-0.3, -0.25) is 0 Å². The van der Waals surface area contributed by atoms with E-state index >= 15 is 0 Å². The molecule has 1 aromatic carbocycles. The Morgan fingerprint density at radius 2 is 2.00 bits per heavy atom. The van der Waals surface area contributed by atoms with Gasteiger partial charge in [-0.15, -0.1) is 0 Å². The van der Waals surface area contributed by atoms with Gasteiger partial charge in [0.2, 0.25) is 0 Å². The molecule has 0 N–H and O–H groups in total. The van der Waals surface area contributed by atoms with Crippen LogP contribution in [0.2, 0.25) is 0 Å². The van der Waals surface area contributed by atoms with Crippen molar-refractivity contribution >= 4 is 28.6 Å². The minimum absolute atomic E-state index is 0.565. The van der Waals surface area contributed by atoms with E-state index < -0.39 is 11.7 Å². The van der Waals surface area contributed by atoms with Gasteiger partial charge >= 0.3 is 6.18 Å². The van der Waals surface area contributed by atoms with Gasteiger partial charge in [0, 0.05) is 12.2 Å². The van der Waals surface area contributed by atoms with Crippen LogP contribution in [0.25, 0.3) is 0 Å². The summed E-state index contributed by atoms with van der Waals surface area (Å²) in [7, 11) is 0. The number of rotatable bonds is 0. The van der Waals surface area contributed by atoms with Gasteiger partial charge < -0.3 is 3.11 Å². The number of hydrogen-bond donors (Lipinski definition) is 0. The van der Waals surface area contributed by atoms with Crippen molar-refractivity contribution in [3.63, 3.8) is 0 Å². The van der Waals surface area contributed by atoms with E-state index in [2.05, 4.69) is 22.9 Å². The van der Waals surface area contributed by atoms with E-state index in [1.54, 1.807) is 6.07 Å². The van der Waals surface area contributed by atoms with Crippen molar-refractivity contribution in [3.05, 3.63) is 29.3 Å². The number of nitrogens with zero attached hydrogens (tertiary/aromatic N) is 1. The number of hydrogen-bond acceptors (Lipinski definition) is 1. The Hall–Kier alpha value is -0.460. The third-order valence-electron chi connectivity index (χ3n) is 2.47. The van der Waals surface area contributed by atoms with Crippen LogP contribution in [0, 0.1) is 0 Å². The zero-order valence-electron chi connectivity index (χ0n) is 7.81. The second kappa shape index (κ2) is 3.84. The summed E-state index contributed by atoms with van der Waals surface area (Å²) in [6, 6.07) is 3.98. The summed E-state index contributed by atoms with van der Waals surface area (Å²) in [4.78, 5) is 0. The number of benzene rings is 1. The average molecular weight is 327 g/mol. The van der Waals surface area contributed by atoms with Crippen molar-refractivity contribution in [1.82, 2.24) is 0 Å². The molecule has 0 fully saturated rings. The number of aryl methyl sites for hydroxylation is 1. The Labute approximate surface area is 99.8 Å². The normalized spacial score (nSPS) is 16.4. The highest BCUT2D eigenvalue weighted by Crippen LogP contribution is 2.36. The Bertz CT molecular complexity index is 375. The smallest absolute Gasteiger partial charge is 0.315 e. The van der Waals surface area contributed by atoms with E-state index in [1.165, 1.54) is 6.07 Å². The zero-order chi connectivity index (χ0) is 11.1. The van der Waals surface area contributed by atoms with Crippen LogP contribution >= 0.6 is 22.9 Å². The SMILES string of the molecule is FC(F)(F)c1ccc2c(c1)N(I)CCC2. The lowest BCUT2D eigenvalue weighted by Gasteiger charge is -2.26. The highest BCUT2D eigenvalue weighted by molar-refractivity contribution is 14.1. The van der Waals surface area contributed by atoms with Crippen LogP contribution in [0.1, 0.15) is 17.5 Å². The van der Waals surface area contributed by atoms with Crippen LogP contribution in [0.4, 0.5) is 18.9 Å². The summed E-state index contributed by atoms with van der Waals surface area (Å²) in [6.45, 7) is 0.814. The molecule has 1 nitrogen and oxygen atoms in total. The fourth-order valence-corrected chi connectivity index (χ4v) is 2.50. The molecule has 0 spiro atoms. The molecule has 0 saturated carbocycles. The maximum absolute atomic E-state index is 12.5. The third-order valence-corrected chi connectivity index (χ3v) is 3.48. The molecule has 0 saturated heterocycles. The lowest BCUT2D eigenvalue weighted by molar-refractivity contribution is -0.137. The summed E-state index contributed by atoms with van der Waals surface area (Å²) in [5.41, 5.74) is 1.14. The van der Waals surface area contributed by atoms with Gasteiger partial charge in [0.25, 0.3) is 0 Å². The van der Waals surface area contributed by atoms with E-state index in [9.17, 15) is 13.2 Å². The van der Waals surface area contributed by atoms with Gasteiger partial charge in [-0.2, -0.15) is 13.2 Å². The van der Waals surface area contributed by atoms with Gasteiger partial charge in [0.05, 0.1) is 28.4 Å². The fraction of sp³-hybridized carbons (Fsp3) is 0.400. The van der Waals surface area contributed by atoms with Gasteiger partial charge in [0.15, 0.2) is 0 Å². The van der Waals surface area contributed by atoms with Crippen molar-refractivity contribution in [1.29, 1.82) is 0 Å². The fourth-order valence-electron chi connectivity index (χ4n) is 1.71. The number of halogens is 4. The highest BCUT2D eigenvalue weighted by atomic mass is 127. The highest BCUT2D eigenvalue weighted by Gasteiger charge is 2.31. The summed E-state index contributed by atoms with van der Waals surface area (Å²) in [6.07, 6.45) is -2.38. The second-order valence-electron chi connectivity index (χ2n) is 3.53. The first kappa shape index (κ1) is 11.0. The molecule has 1 aliphatic rings. The molecule has 15 heavy (non-hydrogen) atoms. The standard InChI is InChI=1S/C10H9F3IN/c11-10(12,13)8-4-3-7-2-1-5-15(14)9(7)6-8/h3-4,6H,1-2,5H2. The molecule has 0 atom stereocenters. The molecule has 1 aromatic rings. The second-order valence-corrected chi connectivity index (χ2v) is 4.70. The summed E-state index contributed by atoms with van der Waals surface area (Å²) >= 11 is 2.06. The molecule has 5 heteroatoms. The zero-order valence-corrected chi connectivity index (χ0v) is 9.97. The van der Waals surface area contributed by atoms with Crippen molar-refractivity contribution in [2.24, 2.45) is 0 Å². The Balaban J connectivity index is 2.44. The number of anilines is 1. The predicted molar refractivity (Wildman–Crippen MR) is 61.1 cm³/mol. The molecule has 0 aromatic heterocycles. The molecule has 1 aliphatic heterocycles. The molecule has 0 bridgehead atoms. The van der Waals surface area contributed by atoms with Crippen LogP contribution in [0.5, 0.6) is 0 Å². The monoisotopic (exact) mass is 327 g/mol. The van der Waals surface area contributed by atoms with Crippen molar-refractivity contribution in [2.75, 3.05) is 9.66 Å². The Morgan fingerprint density at radius 1 is 1.27 bits per heavy atom. The van der Waals surface area contributed by atoms with E-state index in [0.29, 0.717) is 5.69 Å². The quantitative estimate of drug-likeness (QED) is 0.517. The molecule has 0 radical (unpaired) electrons. The summed E-state index contributed by atoms with van der Waals surface area (Å²) in [5, 5.41) is 0. The Kier molecular flexibility index (Phi) is 2.83. The topological polar surface area (TPSA) is 3.24 Å². The number of alkyl halides is 3. The molecule has 0 aliphatic carbocycles. The first-order valence-electron chi connectivity index (χ1n) is 4.62. The predicted octanol–water partition coefficient (Wildman–Crippen LogP) is 3.81. The van der Waals surface area contributed by atoms with Crippen molar-refractivity contribution in [2.45, 2.75) is 19.0 Å². The average Bonchev–Trinajstić information content (AvgIpc) is 2.16.